The second-order valence-corrected chi connectivity index (χ2v) is 5.85. The van der Waals surface area contributed by atoms with Gasteiger partial charge in [0.05, 0.1) is 6.54 Å². The molecule has 0 fully saturated rings. The molecule has 0 saturated carbocycles. The zero-order valence-electron chi connectivity index (χ0n) is 12.4. The number of hydrogen-bond donors (Lipinski definition) is 0. The SMILES string of the molecule is Cc1cc(C(=O)Cn2ccc3ccc(Cl)cc32)c(C)n1C. The van der Waals surface area contributed by atoms with Crippen molar-refractivity contribution in [2.24, 2.45) is 7.05 Å². The molecule has 0 unspecified atom stereocenters. The van der Waals surface area contributed by atoms with E-state index in [0.717, 1.165) is 27.9 Å². The molecule has 0 bridgehead atoms. The Morgan fingerprint density at radius 3 is 2.62 bits per heavy atom. The average molecular weight is 301 g/mol. The number of carbonyl (C=O) groups excluding carboxylic acids is 1. The van der Waals surface area contributed by atoms with Crippen molar-refractivity contribution in [3.8, 4) is 0 Å². The first-order valence-corrected chi connectivity index (χ1v) is 7.25. The minimum absolute atomic E-state index is 0.119. The van der Waals surface area contributed by atoms with Crippen molar-refractivity contribution in [2.45, 2.75) is 20.4 Å². The highest BCUT2D eigenvalue weighted by atomic mass is 35.5. The molecule has 0 amide bonds. The normalized spacial score (nSPS) is 11.2. The first-order chi connectivity index (χ1) is 9.97. The van der Waals surface area contributed by atoms with Crippen LogP contribution in [0.15, 0.2) is 36.5 Å². The van der Waals surface area contributed by atoms with Gasteiger partial charge in [-0.3, -0.25) is 4.79 Å². The predicted molar refractivity (Wildman–Crippen MR) is 86.2 cm³/mol. The highest BCUT2D eigenvalue weighted by Gasteiger charge is 2.15. The lowest BCUT2D eigenvalue weighted by Crippen LogP contribution is -2.10. The van der Waals surface area contributed by atoms with Gasteiger partial charge in [0, 0.05) is 40.7 Å². The van der Waals surface area contributed by atoms with Crippen LogP contribution in [0, 0.1) is 13.8 Å². The molecule has 1 aromatic carbocycles. The van der Waals surface area contributed by atoms with E-state index in [9.17, 15) is 4.79 Å². The van der Waals surface area contributed by atoms with Crippen LogP contribution in [-0.2, 0) is 13.6 Å². The summed E-state index contributed by atoms with van der Waals surface area (Å²) in [6.07, 6.45) is 1.93. The number of Topliss-reactive ketones (excluding diaryl/α,β-unsaturated/α-hetero) is 1. The maximum Gasteiger partial charge on any atom is 0.184 e. The van der Waals surface area contributed by atoms with Gasteiger partial charge in [-0.15, -0.1) is 0 Å². The van der Waals surface area contributed by atoms with Gasteiger partial charge in [-0.2, -0.15) is 0 Å². The summed E-state index contributed by atoms with van der Waals surface area (Å²) in [6.45, 7) is 4.31. The molecule has 2 heterocycles. The van der Waals surface area contributed by atoms with Gasteiger partial charge in [0.1, 0.15) is 0 Å². The van der Waals surface area contributed by atoms with Crippen LogP contribution in [0.1, 0.15) is 21.7 Å². The minimum atomic E-state index is 0.119. The summed E-state index contributed by atoms with van der Waals surface area (Å²) in [4.78, 5) is 12.6. The molecule has 0 saturated heterocycles. The van der Waals surface area contributed by atoms with Crippen molar-refractivity contribution < 1.29 is 4.79 Å². The van der Waals surface area contributed by atoms with E-state index in [1.165, 1.54) is 0 Å². The highest BCUT2D eigenvalue weighted by Crippen LogP contribution is 2.22. The van der Waals surface area contributed by atoms with E-state index in [0.29, 0.717) is 11.6 Å². The Balaban J connectivity index is 1.96. The lowest BCUT2D eigenvalue weighted by atomic mass is 10.1. The average Bonchev–Trinajstić information content (AvgIpc) is 2.95. The lowest BCUT2D eigenvalue weighted by molar-refractivity contribution is 0.0973. The molecule has 0 aliphatic rings. The molecule has 0 atom stereocenters. The molecular weight excluding hydrogens is 284 g/mol. The number of benzene rings is 1. The number of rotatable bonds is 3. The Kier molecular flexibility index (Phi) is 3.38. The first kappa shape index (κ1) is 14.0. The molecule has 0 N–H and O–H groups in total. The monoisotopic (exact) mass is 300 g/mol. The van der Waals surface area contributed by atoms with Crippen LogP contribution in [0.3, 0.4) is 0 Å². The van der Waals surface area contributed by atoms with Gasteiger partial charge in [-0.05, 0) is 43.5 Å². The molecule has 2 aromatic heterocycles. The quantitative estimate of drug-likeness (QED) is 0.668. The maximum atomic E-state index is 12.6. The number of aromatic nitrogens is 2. The number of fused-ring (bicyclic) bond motifs is 1. The van der Waals surface area contributed by atoms with E-state index in [4.69, 9.17) is 11.6 Å². The highest BCUT2D eigenvalue weighted by molar-refractivity contribution is 6.31. The fourth-order valence-electron chi connectivity index (χ4n) is 2.67. The van der Waals surface area contributed by atoms with Gasteiger partial charge in [0.25, 0.3) is 0 Å². The number of hydrogen-bond acceptors (Lipinski definition) is 1. The molecule has 0 aliphatic carbocycles. The molecular formula is C17H17ClN2O. The minimum Gasteiger partial charge on any atom is -0.351 e. The third-order valence-electron chi connectivity index (χ3n) is 4.13. The molecule has 3 aromatic rings. The van der Waals surface area contributed by atoms with Crippen molar-refractivity contribution >= 4 is 28.3 Å². The molecule has 0 aliphatic heterocycles. The van der Waals surface area contributed by atoms with E-state index < -0.39 is 0 Å². The van der Waals surface area contributed by atoms with E-state index in [2.05, 4.69) is 0 Å². The third kappa shape index (κ3) is 2.38. The van der Waals surface area contributed by atoms with Crippen molar-refractivity contribution in [3.05, 3.63) is 58.5 Å². The zero-order valence-corrected chi connectivity index (χ0v) is 13.1. The fraction of sp³-hybridized carbons (Fsp3) is 0.235. The first-order valence-electron chi connectivity index (χ1n) is 6.88. The maximum absolute atomic E-state index is 12.6. The second kappa shape index (κ2) is 5.08. The van der Waals surface area contributed by atoms with Crippen LogP contribution in [0.2, 0.25) is 5.02 Å². The van der Waals surface area contributed by atoms with Crippen molar-refractivity contribution in [2.75, 3.05) is 0 Å². The van der Waals surface area contributed by atoms with Gasteiger partial charge in [-0.25, -0.2) is 0 Å². The van der Waals surface area contributed by atoms with Crippen LogP contribution >= 0.6 is 11.6 Å². The Bertz CT molecular complexity index is 842. The number of carbonyl (C=O) groups is 1. The lowest BCUT2D eigenvalue weighted by Gasteiger charge is -2.06. The van der Waals surface area contributed by atoms with Crippen molar-refractivity contribution in [3.63, 3.8) is 0 Å². The standard InChI is InChI=1S/C17H17ClN2O/c1-11-8-15(12(2)19(11)3)17(21)10-20-7-6-13-4-5-14(18)9-16(13)20/h4-9H,10H2,1-3H3. The van der Waals surface area contributed by atoms with Gasteiger partial charge in [0.15, 0.2) is 5.78 Å². The van der Waals surface area contributed by atoms with Crippen LogP contribution in [0.5, 0.6) is 0 Å². The number of aryl methyl sites for hydroxylation is 1. The van der Waals surface area contributed by atoms with Gasteiger partial charge in [-0.1, -0.05) is 17.7 Å². The predicted octanol–water partition coefficient (Wildman–Crippen LogP) is 4.13. The summed E-state index contributed by atoms with van der Waals surface area (Å²) in [7, 11) is 1.98. The fourth-order valence-corrected chi connectivity index (χ4v) is 2.84. The van der Waals surface area contributed by atoms with Crippen LogP contribution < -0.4 is 0 Å². The molecule has 0 radical (unpaired) electrons. The summed E-state index contributed by atoms with van der Waals surface area (Å²) in [6, 6.07) is 9.68. The summed E-state index contributed by atoms with van der Waals surface area (Å²) in [5, 5.41) is 1.77. The molecule has 108 valence electrons. The van der Waals surface area contributed by atoms with Crippen LogP contribution in [-0.4, -0.2) is 14.9 Å². The largest absolute Gasteiger partial charge is 0.351 e. The van der Waals surface area contributed by atoms with Crippen LogP contribution in [0.25, 0.3) is 10.9 Å². The Labute approximate surface area is 128 Å². The van der Waals surface area contributed by atoms with E-state index in [-0.39, 0.29) is 5.78 Å². The topological polar surface area (TPSA) is 26.9 Å². The third-order valence-corrected chi connectivity index (χ3v) is 4.36. The molecule has 4 heteroatoms. The van der Waals surface area contributed by atoms with E-state index in [1.807, 2.05) is 66.6 Å². The Morgan fingerprint density at radius 1 is 1.19 bits per heavy atom. The summed E-state index contributed by atoms with van der Waals surface area (Å²) < 4.78 is 3.99. The molecule has 3 rings (SSSR count). The van der Waals surface area contributed by atoms with Crippen LogP contribution in [0.4, 0.5) is 0 Å². The summed E-state index contributed by atoms with van der Waals surface area (Å²) in [5.41, 5.74) is 3.88. The van der Waals surface area contributed by atoms with Gasteiger partial charge >= 0.3 is 0 Å². The Hall–Kier alpha value is -2.00. The summed E-state index contributed by atoms with van der Waals surface area (Å²) >= 11 is 6.05. The van der Waals surface area contributed by atoms with E-state index in [1.54, 1.807) is 0 Å². The number of nitrogens with zero attached hydrogens (tertiary/aromatic N) is 2. The molecule has 3 nitrogen and oxygen atoms in total. The van der Waals surface area contributed by atoms with Gasteiger partial charge < -0.3 is 9.13 Å². The zero-order chi connectivity index (χ0) is 15.1. The Morgan fingerprint density at radius 2 is 1.95 bits per heavy atom. The smallest absolute Gasteiger partial charge is 0.184 e. The van der Waals surface area contributed by atoms with Crippen molar-refractivity contribution in [1.29, 1.82) is 0 Å². The van der Waals surface area contributed by atoms with Crippen molar-refractivity contribution in [1.82, 2.24) is 9.13 Å². The summed E-state index contributed by atoms with van der Waals surface area (Å²) in [5.74, 6) is 0.119. The second-order valence-electron chi connectivity index (χ2n) is 5.41. The molecule has 21 heavy (non-hydrogen) atoms. The number of halogens is 1. The molecule has 0 spiro atoms. The van der Waals surface area contributed by atoms with E-state index >= 15 is 0 Å². The number of ketones is 1. The van der Waals surface area contributed by atoms with Gasteiger partial charge in [0.2, 0.25) is 0 Å².